The average Bonchev–Trinajstić information content (AvgIpc) is 2.69. The Kier molecular flexibility index (Phi) is 3.74. The Labute approximate surface area is 105 Å². The number of ether oxygens (including phenoxy) is 2. The van der Waals surface area contributed by atoms with Gasteiger partial charge in [0.05, 0.1) is 17.6 Å². The van der Waals surface area contributed by atoms with Gasteiger partial charge in [-0.3, -0.25) is 9.48 Å². The molecule has 0 atom stereocenters. The molecule has 0 bridgehead atoms. The van der Waals surface area contributed by atoms with Crippen molar-refractivity contribution >= 4 is 16.7 Å². The van der Waals surface area contributed by atoms with Gasteiger partial charge in [0.2, 0.25) is 6.29 Å². The van der Waals surface area contributed by atoms with Gasteiger partial charge in [-0.05, 0) is 6.07 Å². The minimum absolute atomic E-state index is 0.135. The summed E-state index contributed by atoms with van der Waals surface area (Å²) in [7, 11) is 4.76. The summed E-state index contributed by atoms with van der Waals surface area (Å²) in [4.78, 5) is 11.9. The number of fused-ring (bicyclic) bond motifs is 1. The molecule has 2 rings (SSSR count). The molecule has 0 radical (unpaired) electrons. The maximum absolute atomic E-state index is 11.9. The molecule has 1 aromatic heterocycles. The zero-order valence-electron chi connectivity index (χ0n) is 10.7. The third kappa shape index (κ3) is 2.27. The summed E-state index contributed by atoms with van der Waals surface area (Å²) in [6.07, 6.45) is -0.626. The Morgan fingerprint density at radius 1 is 1.33 bits per heavy atom. The molecule has 0 saturated carbocycles. The number of rotatable bonds is 5. The van der Waals surface area contributed by atoms with Crippen molar-refractivity contribution in [1.82, 2.24) is 9.78 Å². The van der Waals surface area contributed by atoms with Crippen LogP contribution in [0.5, 0.6) is 0 Å². The number of para-hydroxylation sites is 1. The predicted octanol–water partition coefficient (Wildman–Crippen LogP) is 1.30. The molecule has 0 amide bonds. The van der Waals surface area contributed by atoms with E-state index in [0.717, 1.165) is 16.6 Å². The Bertz CT molecular complexity index is 558. The number of aryl methyl sites for hydroxylation is 1. The Morgan fingerprint density at radius 3 is 2.67 bits per heavy atom. The number of Topliss-reactive ketones (excluding diaryl/α,β-unsaturated/α-hetero) is 1. The third-order valence-corrected chi connectivity index (χ3v) is 2.87. The lowest BCUT2D eigenvalue weighted by Gasteiger charge is -2.10. The fourth-order valence-corrected chi connectivity index (χ4v) is 2.03. The largest absolute Gasteiger partial charge is 0.349 e. The lowest BCUT2D eigenvalue weighted by molar-refractivity contribution is -0.155. The second-order valence-electron chi connectivity index (χ2n) is 4.03. The quantitative estimate of drug-likeness (QED) is 0.748. The van der Waals surface area contributed by atoms with Gasteiger partial charge in [0.15, 0.2) is 5.78 Å². The summed E-state index contributed by atoms with van der Waals surface area (Å²) >= 11 is 0. The first-order chi connectivity index (χ1) is 8.67. The van der Waals surface area contributed by atoms with E-state index in [1.165, 1.54) is 14.2 Å². The van der Waals surface area contributed by atoms with E-state index in [9.17, 15) is 4.79 Å². The maximum Gasteiger partial charge on any atom is 0.217 e. The zero-order chi connectivity index (χ0) is 13.1. The molecule has 0 aliphatic carbocycles. The van der Waals surface area contributed by atoms with Crippen LogP contribution in [0, 0.1) is 0 Å². The standard InChI is InChI=1S/C13H16N2O3/c1-15-11-7-5-4-6-9(11)10(14-15)8-12(16)13(17-2)18-3/h4-7,13H,8H2,1-3H3. The van der Waals surface area contributed by atoms with E-state index >= 15 is 0 Å². The van der Waals surface area contributed by atoms with E-state index in [1.807, 2.05) is 31.3 Å². The Hall–Kier alpha value is -1.72. The number of hydrogen-bond acceptors (Lipinski definition) is 4. The molecule has 0 aliphatic heterocycles. The Morgan fingerprint density at radius 2 is 2.00 bits per heavy atom. The van der Waals surface area contributed by atoms with Gasteiger partial charge in [-0.1, -0.05) is 18.2 Å². The van der Waals surface area contributed by atoms with Crippen LogP contribution in [0.2, 0.25) is 0 Å². The normalized spacial score (nSPS) is 11.3. The summed E-state index contributed by atoms with van der Waals surface area (Å²) in [5.41, 5.74) is 1.75. The first-order valence-electron chi connectivity index (χ1n) is 5.66. The highest BCUT2D eigenvalue weighted by molar-refractivity contribution is 5.90. The fraction of sp³-hybridized carbons (Fsp3) is 0.385. The smallest absolute Gasteiger partial charge is 0.217 e. The molecule has 0 saturated heterocycles. The van der Waals surface area contributed by atoms with Crippen molar-refractivity contribution in [2.24, 2.45) is 7.05 Å². The highest BCUT2D eigenvalue weighted by Gasteiger charge is 2.20. The monoisotopic (exact) mass is 248 g/mol. The lowest BCUT2D eigenvalue weighted by Crippen LogP contribution is -2.26. The van der Waals surface area contributed by atoms with Crippen LogP contribution < -0.4 is 0 Å². The maximum atomic E-state index is 11.9. The molecule has 18 heavy (non-hydrogen) atoms. The molecule has 1 aromatic carbocycles. The molecule has 0 N–H and O–H groups in total. The average molecular weight is 248 g/mol. The van der Waals surface area contributed by atoms with E-state index in [1.54, 1.807) is 4.68 Å². The van der Waals surface area contributed by atoms with E-state index in [0.29, 0.717) is 0 Å². The number of benzene rings is 1. The van der Waals surface area contributed by atoms with Crippen LogP contribution in [0.1, 0.15) is 5.69 Å². The number of nitrogens with zero attached hydrogens (tertiary/aromatic N) is 2. The van der Waals surface area contributed by atoms with Crippen molar-refractivity contribution in [1.29, 1.82) is 0 Å². The van der Waals surface area contributed by atoms with Crippen LogP contribution in [0.4, 0.5) is 0 Å². The number of aromatic nitrogens is 2. The molecule has 96 valence electrons. The summed E-state index contributed by atoms with van der Waals surface area (Å²) in [5.74, 6) is -0.135. The van der Waals surface area contributed by atoms with Crippen LogP contribution in [0.15, 0.2) is 24.3 Å². The third-order valence-electron chi connectivity index (χ3n) is 2.87. The van der Waals surface area contributed by atoms with Crippen molar-refractivity contribution in [3.05, 3.63) is 30.0 Å². The van der Waals surface area contributed by atoms with E-state index in [2.05, 4.69) is 5.10 Å². The number of carbonyl (C=O) groups excluding carboxylic acids is 1. The molecule has 0 fully saturated rings. The van der Waals surface area contributed by atoms with E-state index in [4.69, 9.17) is 9.47 Å². The zero-order valence-corrected chi connectivity index (χ0v) is 10.7. The van der Waals surface area contributed by atoms with Gasteiger partial charge in [0.25, 0.3) is 0 Å². The second-order valence-corrected chi connectivity index (χ2v) is 4.03. The molecule has 2 aromatic rings. The number of ketones is 1. The lowest BCUT2D eigenvalue weighted by atomic mass is 10.1. The van der Waals surface area contributed by atoms with Gasteiger partial charge >= 0.3 is 0 Å². The van der Waals surface area contributed by atoms with Crippen molar-refractivity contribution < 1.29 is 14.3 Å². The number of carbonyl (C=O) groups is 1. The van der Waals surface area contributed by atoms with Crippen LogP contribution in [0.3, 0.4) is 0 Å². The summed E-state index contributed by atoms with van der Waals surface area (Å²) < 4.78 is 11.7. The van der Waals surface area contributed by atoms with Crippen molar-refractivity contribution in [2.45, 2.75) is 12.7 Å². The first-order valence-corrected chi connectivity index (χ1v) is 5.66. The highest BCUT2D eigenvalue weighted by atomic mass is 16.7. The molecule has 1 heterocycles. The SMILES string of the molecule is COC(OC)C(=O)Cc1nn(C)c2ccccc12. The fourth-order valence-electron chi connectivity index (χ4n) is 2.03. The van der Waals surface area contributed by atoms with Gasteiger partial charge in [-0.2, -0.15) is 5.10 Å². The van der Waals surface area contributed by atoms with Crippen LogP contribution in [0.25, 0.3) is 10.9 Å². The van der Waals surface area contributed by atoms with Gasteiger partial charge in [-0.15, -0.1) is 0 Å². The number of hydrogen-bond donors (Lipinski definition) is 0. The molecule has 0 aliphatic rings. The highest BCUT2D eigenvalue weighted by Crippen LogP contribution is 2.18. The van der Waals surface area contributed by atoms with Crippen molar-refractivity contribution in [3.8, 4) is 0 Å². The first kappa shape index (κ1) is 12.7. The summed E-state index contributed by atoms with van der Waals surface area (Å²) in [6.45, 7) is 0. The van der Waals surface area contributed by atoms with Gasteiger partial charge < -0.3 is 9.47 Å². The minimum atomic E-state index is -0.828. The van der Waals surface area contributed by atoms with Crippen molar-refractivity contribution in [3.63, 3.8) is 0 Å². The van der Waals surface area contributed by atoms with E-state index in [-0.39, 0.29) is 12.2 Å². The van der Waals surface area contributed by atoms with Gasteiger partial charge in [-0.25, -0.2) is 0 Å². The number of methoxy groups -OCH3 is 2. The molecule has 0 spiro atoms. The summed E-state index contributed by atoms with van der Waals surface area (Å²) in [5, 5.41) is 5.35. The van der Waals surface area contributed by atoms with E-state index < -0.39 is 6.29 Å². The Balaban J connectivity index is 2.30. The predicted molar refractivity (Wildman–Crippen MR) is 67.2 cm³/mol. The molecular formula is C13H16N2O3. The van der Waals surface area contributed by atoms with Crippen LogP contribution in [-0.2, 0) is 27.7 Å². The van der Waals surface area contributed by atoms with Crippen molar-refractivity contribution in [2.75, 3.05) is 14.2 Å². The topological polar surface area (TPSA) is 53.4 Å². The van der Waals surface area contributed by atoms with Gasteiger partial charge in [0, 0.05) is 26.7 Å². The van der Waals surface area contributed by atoms with Gasteiger partial charge in [0.1, 0.15) is 0 Å². The summed E-state index contributed by atoms with van der Waals surface area (Å²) in [6, 6.07) is 7.81. The molecule has 5 nitrogen and oxygen atoms in total. The molecular weight excluding hydrogens is 232 g/mol. The molecule has 5 heteroatoms. The minimum Gasteiger partial charge on any atom is -0.349 e. The van der Waals surface area contributed by atoms with Crippen LogP contribution in [-0.4, -0.2) is 36.1 Å². The van der Waals surface area contributed by atoms with Crippen LogP contribution >= 0.6 is 0 Å². The molecule has 0 unspecified atom stereocenters. The second kappa shape index (κ2) is 5.29.